The van der Waals surface area contributed by atoms with E-state index in [4.69, 9.17) is 26.2 Å². The van der Waals surface area contributed by atoms with Gasteiger partial charge in [0.1, 0.15) is 6.61 Å². The van der Waals surface area contributed by atoms with E-state index in [1.54, 1.807) is 49.4 Å². The summed E-state index contributed by atoms with van der Waals surface area (Å²) in [7, 11) is 0. The molecule has 1 amide bonds. The van der Waals surface area contributed by atoms with Crippen LogP contribution in [0.15, 0.2) is 53.9 Å². The highest BCUT2D eigenvalue weighted by atomic mass is 19.1. The first-order valence-corrected chi connectivity index (χ1v) is 10.1. The maximum atomic E-state index is 15.2. The first kappa shape index (κ1) is 23.0. The van der Waals surface area contributed by atoms with Crippen LogP contribution in [0, 0.1) is 23.7 Å². The van der Waals surface area contributed by atoms with Crippen molar-refractivity contribution < 1.29 is 19.0 Å². The van der Waals surface area contributed by atoms with E-state index in [2.05, 4.69) is 0 Å². The minimum Gasteiger partial charge on any atom is -0.477 e. The Labute approximate surface area is 186 Å². The fourth-order valence-corrected chi connectivity index (χ4v) is 3.52. The molecule has 8 heteroatoms. The molecule has 0 radical (unpaired) electrons. The molecule has 0 saturated carbocycles. The number of nitriles is 1. The number of hydrogen-bond donors (Lipinski definition) is 3. The van der Waals surface area contributed by atoms with Crippen molar-refractivity contribution in [2.45, 2.75) is 19.5 Å². The van der Waals surface area contributed by atoms with Crippen LogP contribution in [0.1, 0.15) is 39.5 Å². The van der Waals surface area contributed by atoms with E-state index in [9.17, 15) is 4.79 Å². The van der Waals surface area contributed by atoms with E-state index < -0.39 is 5.67 Å². The Hall–Kier alpha value is -3.70. The van der Waals surface area contributed by atoms with Crippen LogP contribution in [0.25, 0.3) is 0 Å². The summed E-state index contributed by atoms with van der Waals surface area (Å²) in [5.41, 5.74) is 7.21. The summed E-state index contributed by atoms with van der Waals surface area (Å²) >= 11 is 0. The third-order valence-electron chi connectivity index (χ3n) is 5.55. The molecular formula is C24H25FN4O3. The molecule has 32 heavy (non-hydrogen) atoms. The molecule has 1 saturated heterocycles. The number of carbonyl (C=O) groups is 1. The Morgan fingerprint density at radius 2 is 1.97 bits per heavy atom. The highest BCUT2D eigenvalue weighted by Crippen LogP contribution is 2.37. The zero-order chi connectivity index (χ0) is 23.5. The SMILES string of the molecule is C/C(C(=N)c1cc(C(=O)N2CC(F)(c3ccc(C#N)cc3)C2)ccc1C)=C(/N)OCCO. The molecule has 0 aliphatic carbocycles. The molecule has 4 N–H and O–H groups in total. The van der Waals surface area contributed by atoms with Crippen LogP contribution in [0.3, 0.4) is 0 Å². The lowest BCUT2D eigenvalue weighted by Crippen LogP contribution is -2.58. The molecule has 3 rings (SSSR count). The highest BCUT2D eigenvalue weighted by Gasteiger charge is 2.47. The molecule has 0 bridgehead atoms. The number of nitrogens with two attached hydrogens (primary N) is 1. The maximum Gasteiger partial charge on any atom is 0.254 e. The number of rotatable bonds is 7. The lowest BCUT2D eigenvalue weighted by Gasteiger charge is -2.44. The van der Waals surface area contributed by atoms with Crippen LogP contribution >= 0.6 is 0 Å². The van der Waals surface area contributed by atoms with E-state index in [1.165, 1.54) is 4.90 Å². The maximum absolute atomic E-state index is 15.2. The molecule has 0 atom stereocenters. The van der Waals surface area contributed by atoms with Crippen LogP contribution in [-0.4, -0.2) is 47.9 Å². The van der Waals surface area contributed by atoms with Crippen LogP contribution in [0.4, 0.5) is 4.39 Å². The van der Waals surface area contributed by atoms with E-state index >= 15 is 4.39 Å². The number of likely N-dealkylation sites (tertiary alicyclic amines) is 1. The van der Waals surface area contributed by atoms with Gasteiger partial charge in [-0.05, 0) is 49.2 Å². The van der Waals surface area contributed by atoms with Crippen molar-refractivity contribution >= 4 is 11.6 Å². The van der Waals surface area contributed by atoms with E-state index in [1.807, 2.05) is 13.0 Å². The molecule has 1 aliphatic rings. The first-order chi connectivity index (χ1) is 15.2. The Kier molecular flexibility index (Phi) is 6.61. The molecule has 2 aromatic rings. The van der Waals surface area contributed by atoms with Gasteiger partial charge in [-0.15, -0.1) is 0 Å². The average Bonchev–Trinajstić information content (AvgIpc) is 2.79. The normalized spacial score (nSPS) is 15.3. The number of aliphatic hydroxyl groups is 1. The minimum atomic E-state index is -1.65. The fraction of sp³-hybridized carbons (Fsp3) is 0.292. The van der Waals surface area contributed by atoms with Gasteiger partial charge < -0.3 is 20.5 Å². The predicted octanol–water partition coefficient (Wildman–Crippen LogP) is 2.75. The number of nitrogens with zero attached hydrogens (tertiary/aromatic N) is 2. The van der Waals surface area contributed by atoms with Gasteiger partial charge >= 0.3 is 0 Å². The molecule has 1 aliphatic heterocycles. The first-order valence-electron chi connectivity index (χ1n) is 10.1. The lowest BCUT2D eigenvalue weighted by molar-refractivity contribution is -0.0231. The molecule has 1 fully saturated rings. The van der Waals surface area contributed by atoms with Gasteiger partial charge in [0.25, 0.3) is 5.91 Å². The molecule has 0 spiro atoms. The molecule has 7 nitrogen and oxygen atoms in total. The van der Waals surface area contributed by atoms with Gasteiger partial charge in [-0.1, -0.05) is 18.2 Å². The van der Waals surface area contributed by atoms with Gasteiger partial charge in [0.15, 0.2) is 11.6 Å². The largest absolute Gasteiger partial charge is 0.477 e. The van der Waals surface area contributed by atoms with Crippen molar-refractivity contribution in [3.05, 3.63) is 81.7 Å². The second-order valence-electron chi connectivity index (χ2n) is 7.78. The average molecular weight is 436 g/mol. The van der Waals surface area contributed by atoms with Crippen molar-refractivity contribution in [3.8, 4) is 6.07 Å². The van der Waals surface area contributed by atoms with Gasteiger partial charge in [0, 0.05) is 16.7 Å². The summed E-state index contributed by atoms with van der Waals surface area (Å²) in [6.45, 7) is 3.11. The summed E-state index contributed by atoms with van der Waals surface area (Å²) in [5.74, 6) is -0.292. The molecule has 166 valence electrons. The Morgan fingerprint density at radius 3 is 2.56 bits per heavy atom. The van der Waals surface area contributed by atoms with Gasteiger partial charge in [0.05, 0.1) is 37.0 Å². The van der Waals surface area contributed by atoms with E-state index in [0.29, 0.717) is 27.8 Å². The number of halogens is 1. The Balaban J connectivity index is 1.76. The number of alkyl halides is 1. The number of benzene rings is 2. The summed E-state index contributed by atoms with van der Waals surface area (Å²) in [4.78, 5) is 14.3. The standard InChI is InChI=1S/C24H25FN4O3/c1-15-3-6-18(11-20(15)21(27)16(2)22(28)32-10-9-30)23(31)29-13-24(25,14-29)19-7-4-17(12-26)5-8-19/h3-8,11,27,30H,9-10,13-14,28H2,1-2H3/b22-16+,27-21?. The minimum absolute atomic E-state index is 0.0210. The Morgan fingerprint density at radius 1 is 1.31 bits per heavy atom. The van der Waals surface area contributed by atoms with Crippen LogP contribution < -0.4 is 5.73 Å². The third-order valence-corrected chi connectivity index (χ3v) is 5.55. The molecule has 0 unspecified atom stereocenters. The van der Waals surface area contributed by atoms with Crippen LogP contribution in [0.5, 0.6) is 0 Å². The molecular weight excluding hydrogens is 411 g/mol. The zero-order valence-electron chi connectivity index (χ0n) is 18.0. The summed E-state index contributed by atoms with van der Waals surface area (Å²) in [6, 6.07) is 13.3. The van der Waals surface area contributed by atoms with E-state index in [-0.39, 0.29) is 43.8 Å². The second kappa shape index (κ2) is 9.20. The topological polar surface area (TPSA) is 123 Å². The number of aryl methyl sites for hydroxylation is 1. The fourth-order valence-electron chi connectivity index (χ4n) is 3.52. The third kappa shape index (κ3) is 4.48. The smallest absolute Gasteiger partial charge is 0.254 e. The lowest BCUT2D eigenvalue weighted by atomic mass is 9.86. The second-order valence-corrected chi connectivity index (χ2v) is 7.78. The van der Waals surface area contributed by atoms with Gasteiger partial charge in [-0.3, -0.25) is 10.2 Å². The monoisotopic (exact) mass is 436 g/mol. The predicted molar refractivity (Wildman–Crippen MR) is 118 cm³/mol. The number of allylic oxidation sites excluding steroid dienone is 1. The van der Waals surface area contributed by atoms with E-state index in [0.717, 1.165) is 5.56 Å². The van der Waals surface area contributed by atoms with Crippen LogP contribution in [0.2, 0.25) is 0 Å². The van der Waals surface area contributed by atoms with Gasteiger partial charge in [-0.25, -0.2) is 4.39 Å². The van der Waals surface area contributed by atoms with Crippen molar-refractivity contribution in [3.63, 3.8) is 0 Å². The van der Waals surface area contributed by atoms with Crippen molar-refractivity contribution in [1.29, 1.82) is 10.7 Å². The number of aliphatic hydroxyl groups excluding tert-OH is 1. The summed E-state index contributed by atoms with van der Waals surface area (Å²) in [5, 5.41) is 26.2. The van der Waals surface area contributed by atoms with Gasteiger partial charge in [-0.2, -0.15) is 5.26 Å². The molecule has 2 aromatic carbocycles. The summed E-state index contributed by atoms with van der Waals surface area (Å²) in [6.07, 6.45) is 0. The zero-order valence-corrected chi connectivity index (χ0v) is 18.0. The molecule has 0 aromatic heterocycles. The van der Waals surface area contributed by atoms with Crippen LogP contribution in [-0.2, 0) is 10.4 Å². The quantitative estimate of drug-likeness (QED) is 0.455. The number of carbonyl (C=O) groups excluding carboxylic acids is 1. The number of amides is 1. The summed E-state index contributed by atoms with van der Waals surface area (Å²) < 4.78 is 20.4. The van der Waals surface area contributed by atoms with Crippen molar-refractivity contribution in [1.82, 2.24) is 4.90 Å². The number of ether oxygens (including phenoxy) is 1. The van der Waals surface area contributed by atoms with Crippen molar-refractivity contribution in [2.75, 3.05) is 26.3 Å². The number of hydrogen-bond acceptors (Lipinski definition) is 6. The van der Waals surface area contributed by atoms with Crippen molar-refractivity contribution in [2.24, 2.45) is 5.73 Å². The Bertz CT molecular complexity index is 1110. The van der Waals surface area contributed by atoms with Gasteiger partial charge in [0.2, 0.25) is 0 Å². The number of nitrogens with one attached hydrogen (secondary N) is 1. The molecule has 1 heterocycles. The highest BCUT2D eigenvalue weighted by molar-refractivity contribution is 6.12.